The van der Waals surface area contributed by atoms with E-state index in [0.29, 0.717) is 28.0 Å². The van der Waals surface area contributed by atoms with Gasteiger partial charge in [0.1, 0.15) is 5.02 Å². The number of aromatic amines is 1. The highest BCUT2D eigenvalue weighted by Crippen LogP contribution is 2.45. The number of aromatic nitrogens is 4. The summed E-state index contributed by atoms with van der Waals surface area (Å²) in [5.74, 6) is 1.29. The van der Waals surface area contributed by atoms with E-state index in [9.17, 15) is 9.59 Å². The molecular formula is C34H58ClN6O2+. The van der Waals surface area contributed by atoms with Gasteiger partial charge in [0.05, 0.1) is 25.2 Å². The molecule has 0 bridgehead atoms. The van der Waals surface area contributed by atoms with Crippen LogP contribution < -0.4 is 5.32 Å². The van der Waals surface area contributed by atoms with E-state index in [0.717, 1.165) is 76.0 Å². The highest BCUT2D eigenvalue weighted by molar-refractivity contribution is 6.34. The fraction of sp³-hybridized carbons (Fsp3) is 0.824. The molecular weight excluding hydrogens is 560 g/mol. The Morgan fingerprint density at radius 2 is 1.44 bits per heavy atom. The Morgan fingerprint density at radius 3 is 1.98 bits per heavy atom. The molecule has 0 radical (unpaired) electrons. The van der Waals surface area contributed by atoms with E-state index in [1.807, 2.05) is 0 Å². The number of hydrogen-bond donors (Lipinski definition) is 2. The van der Waals surface area contributed by atoms with Crippen LogP contribution in [0.25, 0.3) is 5.65 Å². The van der Waals surface area contributed by atoms with Gasteiger partial charge in [-0.15, -0.1) is 5.10 Å². The molecule has 8 nitrogen and oxygen atoms in total. The molecule has 1 aliphatic heterocycles. The van der Waals surface area contributed by atoms with E-state index in [2.05, 4.69) is 45.0 Å². The second-order valence-electron chi connectivity index (χ2n) is 14.5. The molecule has 2 aromatic heterocycles. The lowest BCUT2D eigenvalue weighted by molar-refractivity contribution is -0.912. The molecule has 3 heterocycles. The number of fused-ring (bicyclic) bond motifs is 1. The first-order valence-electron chi connectivity index (χ1n) is 17.4. The molecule has 0 aromatic carbocycles. The molecule has 1 saturated heterocycles. The fourth-order valence-electron chi connectivity index (χ4n) is 7.61. The van der Waals surface area contributed by atoms with Crippen LogP contribution in [0.5, 0.6) is 0 Å². The Kier molecular flexibility index (Phi) is 11.8. The first-order chi connectivity index (χ1) is 20.6. The minimum atomic E-state index is -0.536. The second-order valence-corrected chi connectivity index (χ2v) is 14.8. The summed E-state index contributed by atoms with van der Waals surface area (Å²) in [6.45, 7) is 12.5. The van der Waals surface area contributed by atoms with Crippen LogP contribution in [-0.4, -0.2) is 54.9 Å². The number of rotatable bonds is 15. The molecule has 1 saturated carbocycles. The molecule has 2 amide bonds. The van der Waals surface area contributed by atoms with Gasteiger partial charge in [-0.1, -0.05) is 97.6 Å². The van der Waals surface area contributed by atoms with Gasteiger partial charge >= 0.3 is 5.91 Å². The molecule has 4 rings (SSSR count). The Morgan fingerprint density at radius 1 is 0.884 bits per heavy atom. The van der Waals surface area contributed by atoms with Crippen molar-refractivity contribution in [2.24, 2.45) is 0 Å². The SMILES string of the molecule is CCCCCCCC[N+]1(CCCCCCCC)C(=O)CCC(=O)NC12CCC(c1nc3c(Cl)c(C(C)(C)C)[nH]n3n1)CC2. The van der Waals surface area contributed by atoms with Crippen LogP contribution in [0, 0.1) is 0 Å². The summed E-state index contributed by atoms with van der Waals surface area (Å²) in [4.78, 5) is 32.2. The lowest BCUT2D eigenvalue weighted by atomic mass is 9.78. The average Bonchev–Trinajstić information content (AvgIpc) is 3.51. The van der Waals surface area contributed by atoms with Crippen LogP contribution in [0.15, 0.2) is 0 Å². The maximum absolute atomic E-state index is 14.2. The van der Waals surface area contributed by atoms with Crippen LogP contribution in [0.3, 0.4) is 0 Å². The molecule has 43 heavy (non-hydrogen) atoms. The lowest BCUT2D eigenvalue weighted by Gasteiger charge is -2.53. The van der Waals surface area contributed by atoms with Crippen molar-refractivity contribution in [1.29, 1.82) is 0 Å². The van der Waals surface area contributed by atoms with Gasteiger partial charge in [0.25, 0.3) is 0 Å². The van der Waals surface area contributed by atoms with Crippen molar-refractivity contribution in [1.82, 2.24) is 25.1 Å². The smallest absolute Gasteiger partial charge is 0.304 e. The van der Waals surface area contributed by atoms with Crippen LogP contribution in [0.2, 0.25) is 5.02 Å². The number of unbranched alkanes of at least 4 members (excludes halogenated alkanes) is 10. The van der Waals surface area contributed by atoms with E-state index in [4.69, 9.17) is 21.7 Å². The van der Waals surface area contributed by atoms with E-state index >= 15 is 0 Å². The van der Waals surface area contributed by atoms with Gasteiger partial charge in [-0.2, -0.15) is 4.63 Å². The zero-order valence-corrected chi connectivity index (χ0v) is 28.5. The molecule has 9 heteroatoms. The van der Waals surface area contributed by atoms with E-state index in [1.54, 1.807) is 4.63 Å². The monoisotopic (exact) mass is 617 g/mol. The van der Waals surface area contributed by atoms with Crippen molar-refractivity contribution in [3.63, 3.8) is 0 Å². The van der Waals surface area contributed by atoms with Crippen molar-refractivity contribution in [3.05, 3.63) is 16.5 Å². The number of nitrogens with one attached hydrogen (secondary N) is 2. The highest BCUT2D eigenvalue weighted by Gasteiger charge is 2.58. The number of H-pyrrole nitrogens is 1. The minimum Gasteiger partial charge on any atom is -0.304 e. The second kappa shape index (κ2) is 14.9. The van der Waals surface area contributed by atoms with Gasteiger partial charge in [0, 0.05) is 30.6 Å². The molecule has 2 aliphatic rings. The van der Waals surface area contributed by atoms with Crippen molar-refractivity contribution in [3.8, 4) is 0 Å². The zero-order valence-electron chi connectivity index (χ0n) is 27.7. The predicted molar refractivity (Wildman–Crippen MR) is 174 cm³/mol. The summed E-state index contributed by atoms with van der Waals surface area (Å²) >= 11 is 6.73. The Balaban J connectivity index is 1.55. The van der Waals surface area contributed by atoms with E-state index in [-0.39, 0.29) is 23.1 Å². The average molecular weight is 618 g/mol. The molecule has 0 atom stereocenters. The summed E-state index contributed by atoms with van der Waals surface area (Å²) in [7, 11) is 0. The Bertz CT molecular complexity index is 1190. The molecule has 242 valence electrons. The summed E-state index contributed by atoms with van der Waals surface area (Å²) in [5.41, 5.74) is 0.945. The van der Waals surface area contributed by atoms with Crippen LogP contribution >= 0.6 is 11.6 Å². The van der Waals surface area contributed by atoms with Crippen molar-refractivity contribution >= 4 is 29.1 Å². The van der Waals surface area contributed by atoms with Crippen LogP contribution in [0.1, 0.15) is 168 Å². The maximum atomic E-state index is 14.2. The topological polar surface area (TPSA) is 92.1 Å². The lowest BCUT2D eigenvalue weighted by Crippen LogP contribution is -2.74. The predicted octanol–water partition coefficient (Wildman–Crippen LogP) is 8.34. The van der Waals surface area contributed by atoms with Gasteiger partial charge in [-0.05, 0) is 38.5 Å². The maximum Gasteiger partial charge on any atom is 0.316 e. The standard InChI is InChI=1S/C34H57ClN6O2/c1-6-8-10-12-14-16-24-41(25-17-15-13-11-9-7-2)28(43)19-18-27(42)37-34(41)22-20-26(21-23-34)31-36-32-29(35)30(33(3,4)5)38-40(32)39-31/h26H,6-25H2,1-5H3,(H-,36,37,38,39,42)/p+1. The Labute approximate surface area is 264 Å². The summed E-state index contributed by atoms with van der Waals surface area (Å²) in [6.07, 6.45) is 18.3. The van der Waals surface area contributed by atoms with Gasteiger partial charge < -0.3 is 5.32 Å². The first-order valence-corrected chi connectivity index (χ1v) is 17.8. The largest absolute Gasteiger partial charge is 0.316 e. The van der Waals surface area contributed by atoms with Gasteiger partial charge in [0.2, 0.25) is 5.91 Å². The third kappa shape index (κ3) is 7.66. The van der Waals surface area contributed by atoms with Gasteiger partial charge in [-0.3, -0.25) is 9.89 Å². The summed E-state index contributed by atoms with van der Waals surface area (Å²) in [6, 6.07) is 0. The molecule has 2 N–H and O–H groups in total. The van der Waals surface area contributed by atoms with E-state index in [1.165, 1.54) is 51.4 Å². The van der Waals surface area contributed by atoms with Gasteiger partial charge in [-0.25, -0.2) is 14.3 Å². The number of quaternary nitrogens is 1. The third-order valence-corrected chi connectivity index (χ3v) is 10.6. The molecule has 2 aromatic rings. The van der Waals surface area contributed by atoms with Crippen molar-refractivity contribution in [2.75, 3.05) is 13.1 Å². The van der Waals surface area contributed by atoms with Crippen LogP contribution in [-0.2, 0) is 15.0 Å². The number of nitrogens with zero attached hydrogens (tertiary/aromatic N) is 4. The number of hydrogen-bond acceptors (Lipinski definition) is 4. The summed E-state index contributed by atoms with van der Waals surface area (Å²) in [5, 5.41) is 12.3. The first kappa shape index (κ1) is 34.0. The molecule has 1 aliphatic carbocycles. The fourth-order valence-corrected chi connectivity index (χ4v) is 8.05. The number of carbonyl (C=O) groups is 2. The highest BCUT2D eigenvalue weighted by atomic mass is 35.5. The van der Waals surface area contributed by atoms with Gasteiger partial charge in [0.15, 0.2) is 17.1 Å². The number of halogens is 1. The normalized spacial score (nSPS) is 22.8. The Hall–Kier alpha value is -1.93. The molecule has 1 spiro atoms. The number of amides is 2. The van der Waals surface area contributed by atoms with Crippen molar-refractivity contribution in [2.45, 2.75) is 167 Å². The third-order valence-electron chi connectivity index (χ3n) is 10.2. The van der Waals surface area contributed by atoms with E-state index < -0.39 is 5.66 Å². The van der Waals surface area contributed by atoms with Crippen LogP contribution in [0.4, 0.5) is 0 Å². The minimum absolute atomic E-state index is 0.0348. The quantitative estimate of drug-likeness (QED) is 0.155. The summed E-state index contributed by atoms with van der Waals surface area (Å²) < 4.78 is 2.15. The molecule has 2 fully saturated rings. The zero-order chi connectivity index (χ0) is 31.1. The number of carbonyl (C=O) groups excluding carboxylic acids is 2. The molecule has 0 unspecified atom stereocenters. The van der Waals surface area contributed by atoms with Crippen molar-refractivity contribution < 1.29 is 14.1 Å².